The molecule has 5 heteroatoms. The predicted molar refractivity (Wildman–Crippen MR) is 80.2 cm³/mol. The number of para-hydroxylation sites is 1. The third-order valence-corrected chi connectivity index (χ3v) is 3.74. The molecule has 0 radical (unpaired) electrons. The zero-order chi connectivity index (χ0) is 14.1. The number of benzene rings is 1. The molecule has 2 heterocycles. The van der Waals surface area contributed by atoms with Crippen molar-refractivity contribution < 1.29 is 4.79 Å². The summed E-state index contributed by atoms with van der Waals surface area (Å²) in [6, 6.07) is 9.47. The molecule has 0 saturated heterocycles. The average molecular weight is 288 g/mol. The minimum atomic E-state index is -0.275. The smallest absolute Gasteiger partial charge is 0.247 e. The SMILES string of the molecule is Cc1ccnc(Cl)c1NC(=O)[C@@H]1Cc2ccccc2N1. The lowest BCUT2D eigenvalue weighted by atomic mass is 10.1. The second-order valence-electron chi connectivity index (χ2n) is 4.84. The fourth-order valence-electron chi connectivity index (χ4n) is 2.34. The lowest BCUT2D eigenvalue weighted by molar-refractivity contribution is -0.116. The molecule has 1 aromatic heterocycles. The Balaban J connectivity index is 1.76. The van der Waals surface area contributed by atoms with Gasteiger partial charge in [-0.15, -0.1) is 0 Å². The number of fused-ring (bicyclic) bond motifs is 1. The fourth-order valence-corrected chi connectivity index (χ4v) is 2.59. The first-order chi connectivity index (χ1) is 9.65. The number of hydrogen-bond donors (Lipinski definition) is 2. The highest BCUT2D eigenvalue weighted by Crippen LogP contribution is 2.27. The minimum absolute atomic E-state index is 0.0980. The summed E-state index contributed by atoms with van der Waals surface area (Å²) < 4.78 is 0. The lowest BCUT2D eigenvalue weighted by Gasteiger charge is -2.14. The van der Waals surface area contributed by atoms with Crippen LogP contribution in [-0.2, 0) is 11.2 Å². The molecule has 1 atom stereocenters. The summed E-state index contributed by atoms with van der Waals surface area (Å²) in [5.41, 5.74) is 3.65. The Morgan fingerprint density at radius 2 is 2.20 bits per heavy atom. The van der Waals surface area contributed by atoms with Crippen LogP contribution in [-0.4, -0.2) is 16.9 Å². The van der Waals surface area contributed by atoms with E-state index in [2.05, 4.69) is 15.6 Å². The Kier molecular flexibility index (Phi) is 3.32. The molecule has 0 saturated carbocycles. The number of halogens is 1. The Morgan fingerprint density at radius 1 is 1.40 bits per heavy atom. The number of hydrogen-bond acceptors (Lipinski definition) is 3. The van der Waals surface area contributed by atoms with Crippen LogP contribution in [0.15, 0.2) is 36.5 Å². The Bertz CT molecular complexity index is 627. The van der Waals surface area contributed by atoms with Gasteiger partial charge in [-0.1, -0.05) is 29.8 Å². The largest absolute Gasteiger partial charge is 0.373 e. The highest BCUT2D eigenvalue weighted by Gasteiger charge is 2.27. The number of carbonyl (C=O) groups excluding carboxylic acids is 1. The standard InChI is InChI=1S/C15H14ClN3O/c1-9-6-7-17-14(16)13(9)19-15(20)12-8-10-4-2-3-5-11(10)18-12/h2-7,12,18H,8H2,1H3,(H,19,20)/t12-/m0/s1. The lowest BCUT2D eigenvalue weighted by Crippen LogP contribution is -2.33. The van der Waals surface area contributed by atoms with E-state index < -0.39 is 0 Å². The molecule has 1 aromatic carbocycles. The molecule has 3 rings (SSSR count). The zero-order valence-electron chi connectivity index (χ0n) is 11.0. The predicted octanol–water partition coefficient (Wildman–Crippen LogP) is 3.02. The van der Waals surface area contributed by atoms with Crippen LogP contribution in [0.4, 0.5) is 11.4 Å². The van der Waals surface area contributed by atoms with Gasteiger partial charge in [0.15, 0.2) is 5.15 Å². The Morgan fingerprint density at radius 3 is 2.95 bits per heavy atom. The number of anilines is 2. The van der Waals surface area contributed by atoms with Crippen molar-refractivity contribution in [1.82, 2.24) is 4.98 Å². The molecule has 0 spiro atoms. The Hall–Kier alpha value is -2.07. The number of rotatable bonds is 2. The monoisotopic (exact) mass is 287 g/mol. The molecule has 0 bridgehead atoms. The van der Waals surface area contributed by atoms with E-state index in [-0.39, 0.29) is 11.9 Å². The molecule has 2 aromatic rings. The van der Waals surface area contributed by atoms with Gasteiger partial charge in [0.05, 0.1) is 5.69 Å². The zero-order valence-corrected chi connectivity index (χ0v) is 11.7. The van der Waals surface area contributed by atoms with Crippen LogP contribution >= 0.6 is 11.6 Å². The topological polar surface area (TPSA) is 54.0 Å². The molecular formula is C15H14ClN3O. The van der Waals surface area contributed by atoms with Gasteiger partial charge in [-0.2, -0.15) is 0 Å². The van der Waals surface area contributed by atoms with Gasteiger partial charge in [0.25, 0.3) is 0 Å². The molecule has 1 amide bonds. The first-order valence-electron chi connectivity index (χ1n) is 6.41. The van der Waals surface area contributed by atoms with Crippen LogP contribution in [0.1, 0.15) is 11.1 Å². The van der Waals surface area contributed by atoms with Crippen molar-refractivity contribution in [2.24, 2.45) is 0 Å². The van der Waals surface area contributed by atoms with E-state index in [1.165, 1.54) is 0 Å². The van der Waals surface area contributed by atoms with Crippen LogP contribution < -0.4 is 10.6 Å². The first kappa shape index (κ1) is 12.9. The number of carbonyl (C=O) groups is 1. The van der Waals surface area contributed by atoms with E-state index in [0.717, 1.165) is 16.8 Å². The summed E-state index contributed by atoms with van der Waals surface area (Å²) in [4.78, 5) is 16.3. The van der Waals surface area contributed by atoms with Gasteiger partial charge in [-0.3, -0.25) is 4.79 Å². The number of nitrogens with one attached hydrogen (secondary N) is 2. The van der Waals surface area contributed by atoms with Gasteiger partial charge in [-0.25, -0.2) is 4.98 Å². The highest BCUT2D eigenvalue weighted by atomic mass is 35.5. The maximum absolute atomic E-state index is 12.3. The summed E-state index contributed by atoms with van der Waals surface area (Å²) in [6.07, 6.45) is 2.30. The summed E-state index contributed by atoms with van der Waals surface area (Å²) in [5.74, 6) is -0.0980. The average Bonchev–Trinajstić information content (AvgIpc) is 2.87. The number of amides is 1. The molecule has 0 unspecified atom stereocenters. The first-order valence-corrected chi connectivity index (χ1v) is 6.79. The third kappa shape index (κ3) is 2.34. The van der Waals surface area contributed by atoms with Crippen LogP contribution in [0.2, 0.25) is 5.15 Å². The van der Waals surface area contributed by atoms with E-state index in [1.807, 2.05) is 37.3 Å². The van der Waals surface area contributed by atoms with Crippen molar-refractivity contribution in [1.29, 1.82) is 0 Å². The van der Waals surface area contributed by atoms with Gasteiger partial charge in [-0.05, 0) is 30.2 Å². The Labute approximate surface area is 122 Å². The van der Waals surface area contributed by atoms with Crippen LogP contribution in [0.25, 0.3) is 0 Å². The second-order valence-corrected chi connectivity index (χ2v) is 5.20. The second kappa shape index (κ2) is 5.13. The number of pyridine rings is 1. The van der Waals surface area contributed by atoms with E-state index >= 15 is 0 Å². The van der Waals surface area contributed by atoms with Gasteiger partial charge in [0.2, 0.25) is 5.91 Å². The van der Waals surface area contributed by atoms with Crippen LogP contribution in [0.3, 0.4) is 0 Å². The van der Waals surface area contributed by atoms with Crippen LogP contribution in [0.5, 0.6) is 0 Å². The van der Waals surface area contributed by atoms with E-state index in [4.69, 9.17) is 11.6 Å². The molecule has 1 aliphatic rings. The molecule has 2 N–H and O–H groups in total. The van der Waals surface area contributed by atoms with Gasteiger partial charge >= 0.3 is 0 Å². The van der Waals surface area contributed by atoms with Crippen molar-refractivity contribution in [3.63, 3.8) is 0 Å². The van der Waals surface area contributed by atoms with Gasteiger partial charge in [0, 0.05) is 18.3 Å². The molecule has 102 valence electrons. The van der Waals surface area contributed by atoms with Crippen molar-refractivity contribution in [3.8, 4) is 0 Å². The fraction of sp³-hybridized carbons (Fsp3) is 0.200. The third-order valence-electron chi connectivity index (χ3n) is 3.45. The maximum atomic E-state index is 12.3. The number of aromatic nitrogens is 1. The number of nitrogens with zero attached hydrogens (tertiary/aromatic N) is 1. The molecular weight excluding hydrogens is 274 g/mol. The number of aryl methyl sites for hydroxylation is 1. The molecule has 0 aliphatic carbocycles. The molecule has 4 nitrogen and oxygen atoms in total. The highest BCUT2D eigenvalue weighted by molar-refractivity contribution is 6.32. The quantitative estimate of drug-likeness (QED) is 0.835. The summed E-state index contributed by atoms with van der Waals surface area (Å²) in [5, 5.41) is 6.39. The summed E-state index contributed by atoms with van der Waals surface area (Å²) in [6.45, 7) is 1.89. The maximum Gasteiger partial charge on any atom is 0.247 e. The van der Waals surface area contributed by atoms with Crippen molar-refractivity contribution >= 4 is 28.9 Å². The van der Waals surface area contributed by atoms with Gasteiger partial charge in [0.1, 0.15) is 6.04 Å². The molecule has 1 aliphatic heterocycles. The van der Waals surface area contributed by atoms with Crippen LogP contribution in [0, 0.1) is 6.92 Å². The van der Waals surface area contributed by atoms with E-state index in [1.54, 1.807) is 6.20 Å². The molecule has 20 heavy (non-hydrogen) atoms. The normalized spacial score (nSPS) is 16.4. The van der Waals surface area contributed by atoms with Crippen molar-refractivity contribution in [2.75, 3.05) is 10.6 Å². The van der Waals surface area contributed by atoms with Crippen molar-refractivity contribution in [2.45, 2.75) is 19.4 Å². The van der Waals surface area contributed by atoms with Gasteiger partial charge < -0.3 is 10.6 Å². The van der Waals surface area contributed by atoms with E-state index in [9.17, 15) is 4.79 Å². The molecule has 0 fully saturated rings. The summed E-state index contributed by atoms with van der Waals surface area (Å²) in [7, 11) is 0. The summed E-state index contributed by atoms with van der Waals surface area (Å²) >= 11 is 6.02. The van der Waals surface area contributed by atoms with Crippen molar-refractivity contribution in [3.05, 3.63) is 52.8 Å². The van der Waals surface area contributed by atoms with E-state index in [0.29, 0.717) is 17.3 Å². The minimum Gasteiger partial charge on any atom is -0.373 e.